The molecule has 49 heavy (non-hydrogen) atoms. The molecule has 270 valence electrons. The third kappa shape index (κ3) is 14.2. The fourth-order valence-electron chi connectivity index (χ4n) is 5.08. The van der Waals surface area contributed by atoms with Crippen molar-refractivity contribution in [2.24, 2.45) is 5.73 Å². The predicted molar refractivity (Wildman–Crippen MR) is 186 cm³/mol. The zero-order valence-electron chi connectivity index (χ0n) is 30.1. The summed E-state index contributed by atoms with van der Waals surface area (Å²) in [4.78, 5) is 68.6. The molecule has 0 heterocycles. The second kappa shape index (κ2) is 18.2. The van der Waals surface area contributed by atoms with Gasteiger partial charge >= 0.3 is 12.1 Å². The molecule has 2 aromatic carbocycles. The van der Waals surface area contributed by atoms with E-state index in [1.165, 1.54) is 17.0 Å². The number of hydrogen-bond donors (Lipinski definition) is 4. The van der Waals surface area contributed by atoms with E-state index in [1.807, 2.05) is 37.3 Å². The van der Waals surface area contributed by atoms with E-state index < -0.39 is 59.1 Å². The highest BCUT2D eigenvalue weighted by Crippen LogP contribution is 2.28. The largest absolute Gasteiger partial charge is 0.508 e. The van der Waals surface area contributed by atoms with Gasteiger partial charge in [-0.1, -0.05) is 56.2 Å². The van der Waals surface area contributed by atoms with Crippen LogP contribution < -0.4 is 16.4 Å². The number of ether oxygens (including phenoxy) is 2. The molecule has 3 atom stereocenters. The van der Waals surface area contributed by atoms with Gasteiger partial charge in [-0.3, -0.25) is 14.4 Å². The first kappa shape index (κ1) is 40.6. The van der Waals surface area contributed by atoms with Crippen LogP contribution >= 0.6 is 0 Å². The Hall–Kier alpha value is -4.61. The molecule has 0 bridgehead atoms. The van der Waals surface area contributed by atoms with Gasteiger partial charge in [0.25, 0.3) is 0 Å². The summed E-state index contributed by atoms with van der Waals surface area (Å²) in [6.45, 7) is 14.0. The van der Waals surface area contributed by atoms with Gasteiger partial charge in [0.2, 0.25) is 17.7 Å². The highest BCUT2D eigenvalue weighted by Gasteiger charge is 2.38. The van der Waals surface area contributed by atoms with E-state index in [1.54, 1.807) is 54.5 Å². The van der Waals surface area contributed by atoms with Gasteiger partial charge in [0.1, 0.15) is 35.1 Å². The summed E-state index contributed by atoms with van der Waals surface area (Å²) >= 11 is 0. The summed E-state index contributed by atoms with van der Waals surface area (Å²) in [5.74, 6) is -2.65. The number of primary amides is 1. The zero-order chi connectivity index (χ0) is 36.9. The molecular weight excluding hydrogens is 628 g/mol. The van der Waals surface area contributed by atoms with Gasteiger partial charge in [0, 0.05) is 19.4 Å². The minimum Gasteiger partial charge on any atom is -0.508 e. The number of carbonyl (C=O) groups excluding carboxylic acids is 5. The van der Waals surface area contributed by atoms with Gasteiger partial charge < -0.3 is 35.8 Å². The van der Waals surface area contributed by atoms with Gasteiger partial charge in [-0.25, -0.2) is 9.59 Å². The highest BCUT2D eigenvalue weighted by atomic mass is 16.6. The number of nitrogens with zero attached hydrogens (tertiary/aromatic N) is 1. The fraction of sp³-hybridized carbons (Fsp3) is 0.541. The molecule has 0 aliphatic rings. The summed E-state index contributed by atoms with van der Waals surface area (Å²) in [5.41, 5.74) is 5.32. The summed E-state index contributed by atoms with van der Waals surface area (Å²) < 4.78 is 11.1. The van der Waals surface area contributed by atoms with Crippen LogP contribution in [0.5, 0.6) is 5.75 Å². The number of nitrogens with two attached hydrogens (primary N) is 1. The summed E-state index contributed by atoms with van der Waals surface area (Å²) in [7, 11) is 0. The quantitative estimate of drug-likeness (QED) is 0.141. The van der Waals surface area contributed by atoms with Gasteiger partial charge in [0.15, 0.2) is 0 Å². The van der Waals surface area contributed by atoms with Crippen LogP contribution in [0.4, 0.5) is 4.79 Å². The normalized spacial score (nSPS) is 13.4. The standard InChI is InChI=1S/C37H54N4O8/c1-9-10-14-21-41(33(45)27(18-20-30(38)43)40-35(47)49-37(6,7)8)31(26-17-19-29(42)24(2)22-26)32(44)39-28(34(46)48-36(3,4)5)23-25-15-12-11-13-16-25/h11-13,15-17,19,22,27-28,31,42H,9-10,14,18,20-21,23H2,1-8H3,(H2,38,43)(H,39,44)(H,40,47). The van der Waals surface area contributed by atoms with Gasteiger partial charge in [-0.15, -0.1) is 0 Å². The van der Waals surface area contributed by atoms with Crippen molar-refractivity contribution in [3.63, 3.8) is 0 Å². The first-order valence-electron chi connectivity index (χ1n) is 16.8. The molecule has 0 aromatic heterocycles. The number of aryl methyl sites for hydroxylation is 1. The maximum absolute atomic E-state index is 14.5. The van der Waals surface area contributed by atoms with Crippen molar-refractivity contribution in [2.45, 2.75) is 123 Å². The second-order valence-corrected chi connectivity index (χ2v) is 14.2. The van der Waals surface area contributed by atoms with Crippen LogP contribution in [0.25, 0.3) is 0 Å². The molecule has 5 N–H and O–H groups in total. The fourth-order valence-corrected chi connectivity index (χ4v) is 5.08. The molecule has 3 unspecified atom stereocenters. The Bertz CT molecular complexity index is 1430. The van der Waals surface area contributed by atoms with Crippen molar-refractivity contribution in [1.82, 2.24) is 15.5 Å². The van der Waals surface area contributed by atoms with Crippen molar-refractivity contribution < 1.29 is 38.6 Å². The number of aromatic hydroxyl groups is 1. The number of nitrogens with one attached hydrogen (secondary N) is 2. The number of phenols is 1. The molecule has 2 aromatic rings. The topological polar surface area (TPSA) is 177 Å². The van der Waals surface area contributed by atoms with Gasteiger partial charge in [-0.2, -0.15) is 0 Å². The average molecular weight is 683 g/mol. The zero-order valence-corrected chi connectivity index (χ0v) is 30.1. The second-order valence-electron chi connectivity index (χ2n) is 14.2. The average Bonchev–Trinajstić information content (AvgIpc) is 2.98. The summed E-state index contributed by atoms with van der Waals surface area (Å²) in [6, 6.07) is 10.0. The number of carbonyl (C=O) groups is 5. The van der Waals surface area contributed by atoms with E-state index in [-0.39, 0.29) is 31.6 Å². The minimum absolute atomic E-state index is 0.00611. The Morgan fingerprint density at radius 1 is 0.878 bits per heavy atom. The Kier molecular flexibility index (Phi) is 15.1. The van der Waals surface area contributed by atoms with Crippen LogP contribution in [0, 0.1) is 6.92 Å². The molecule has 0 spiro atoms. The molecule has 0 fully saturated rings. The van der Waals surface area contributed by atoms with Crippen LogP contribution in [0.3, 0.4) is 0 Å². The molecule has 2 rings (SSSR count). The third-order valence-electron chi connectivity index (χ3n) is 7.34. The van der Waals surface area contributed by atoms with Crippen LogP contribution in [-0.2, 0) is 35.1 Å². The molecule has 0 saturated heterocycles. The number of phenolic OH excluding ortho intramolecular Hbond substituents is 1. The molecule has 0 radical (unpaired) electrons. The number of rotatable bonds is 16. The first-order valence-corrected chi connectivity index (χ1v) is 16.8. The van der Waals surface area contributed by atoms with Crippen LogP contribution in [0.1, 0.15) is 103 Å². The van der Waals surface area contributed by atoms with Crippen LogP contribution in [0.15, 0.2) is 48.5 Å². The minimum atomic E-state index is -1.30. The van der Waals surface area contributed by atoms with E-state index in [0.29, 0.717) is 17.5 Å². The Labute approximate surface area is 290 Å². The van der Waals surface area contributed by atoms with E-state index in [9.17, 15) is 29.1 Å². The van der Waals surface area contributed by atoms with Crippen LogP contribution in [-0.4, -0.2) is 69.6 Å². The number of unbranched alkanes of at least 4 members (excludes halogenated alkanes) is 2. The lowest BCUT2D eigenvalue weighted by molar-refractivity contribution is -0.159. The third-order valence-corrected chi connectivity index (χ3v) is 7.34. The number of amides is 4. The van der Waals surface area contributed by atoms with E-state index in [4.69, 9.17) is 15.2 Å². The Balaban J connectivity index is 2.68. The molecule has 4 amide bonds. The SMILES string of the molecule is CCCCCN(C(=O)C(CCC(N)=O)NC(=O)OC(C)(C)C)C(C(=O)NC(Cc1ccccc1)C(=O)OC(C)(C)C)c1ccc(O)c(C)c1. The molecule has 0 aliphatic carbocycles. The highest BCUT2D eigenvalue weighted by molar-refractivity contribution is 5.94. The lowest BCUT2D eigenvalue weighted by atomic mass is 9.98. The predicted octanol–water partition coefficient (Wildman–Crippen LogP) is 4.99. The first-order chi connectivity index (χ1) is 22.8. The van der Waals surface area contributed by atoms with Crippen molar-refractivity contribution in [1.29, 1.82) is 0 Å². The van der Waals surface area contributed by atoms with Crippen LogP contribution in [0.2, 0.25) is 0 Å². The van der Waals surface area contributed by atoms with E-state index >= 15 is 0 Å². The molecule has 12 nitrogen and oxygen atoms in total. The number of alkyl carbamates (subject to hydrolysis) is 1. The number of benzene rings is 2. The van der Waals surface area contributed by atoms with Crippen molar-refractivity contribution in [3.8, 4) is 5.75 Å². The van der Waals surface area contributed by atoms with Gasteiger partial charge in [-0.05, 0) is 90.1 Å². The van der Waals surface area contributed by atoms with Crippen molar-refractivity contribution >= 4 is 29.8 Å². The molecule has 0 saturated carbocycles. The maximum atomic E-state index is 14.5. The smallest absolute Gasteiger partial charge is 0.408 e. The molecular formula is C37H54N4O8. The summed E-state index contributed by atoms with van der Waals surface area (Å²) in [6.07, 6.45) is 0.935. The van der Waals surface area contributed by atoms with E-state index in [2.05, 4.69) is 10.6 Å². The monoisotopic (exact) mass is 682 g/mol. The lowest BCUT2D eigenvalue weighted by Gasteiger charge is -2.35. The van der Waals surface area contributed by atoms with E-state index in [0.717, 1.165) is 18.4 Å². The number of hydrogen-bond acceptors (Lipinski definition) is 8. The van der Waals surface area contributed by atoms with Crippen molar-refractivity contribution in [3.05, 3.63) is 65.2 Å². The summed E-state index contributed by atoms with van der Waals surface area (Å²) in [5, 5.41) is 15.8. The lowest BCUT2D eigenvalue weighted by Crippen LogP contribution is -2.55. The van der Waals surface area contributed by atoms with Crippen molar-refractivity contribution in [2.75, 3.05) is 6.54 Å². The number of esters is 1. The maximum Gasteiger partial charge on any atom is 0.408 e. The Morgan fingerprint density at radius 3 is 2.06 bits per heavy atom. The van der Waals surface area contributed by atoms with Gasteiger partial charge in [0.05, 0.1) is 0 Å². The molecule has 0 aliphatic heterocycles. The molecule has 12 heteroatoms. The Morgan fingerprint density at radius 2 is 1.51 bits per heavy atom.